The van der Waals surface area contributed by atoms with Gasteiger partial charge in [-0.1, -0.05) is 0 Å². The highest BCUT2D eigenvalue weighted by molar-refractivity contribution is 6.03. The molecular formula is C17H22FN3. The number of aryl methyl sites for hydroxylation is 1. The van der Waals surface area contributed by atoms with Crippen molar-refractivity contribution in [2.75, 3.05) is 13.1 Å². The summed E-state index contributed by atoms with van der Waals surface area (Å²) in [6.45, 7) is 4.14. The Morgan fingerprint density at radius 1 is 1.29 bits per heavy atom. The monoisotopic (exact) mass is 287 g/mol. The van der Waals surface area contributed by atoms with Crippen molar-refractivity contribution in [1.29, 1.82) is 0 Å². The second-order valence-corrected chi connectivity index (χ2v) is 5.94. The van der Waals surface area contributed by atoms with Crippen LogP contribution in [0.15, 0.2) is 34.5 Å². The fourth-order valence-corrected chi connectivity index (χ4v) is 3.19. The standard InChI is InChI=1S/C17H22FN3/c1-11(17(19)12-6-8-20-9-7-12)15-4-2-13-10-14(18)3-5-16(13)21-15/h3,5,10,12,20H,2,4,6-9,19H2,1H3/b17-11-. The van der Waals surface area contributed by atoms with Gasteiger partial charge in [0.05, 0.1) is 5.69 Å². The van der Waals surface area contributed by atoms with Crippen LogP contribution in [0, 0.1) is 11.7 Å². The van der Waals surface area contributed by atoms with E-state index in [1.807, 2.05) is 0 Å². The van der Waals surface area contributed by atoms with Crippen LogP contribution in [0.4, 0.5) is 10.1 Å². The normalized spacial score (nSPS) is 20.6. The summed E-state index contributed by atoms with van der Waals surface area (Å²) in [7, 11) is 0. The first-order valence-electron chi connectivity index (χ1n) is 7.68. The molecule has 0 radical (unpaired) electrons. The van der Waals surface area contributed by atoms with Crippen LogP contribution in [0.1, 0.15) is 31.7 Å². The van der Waals surface area contributed by atoms with Gasteiger partial charge in [0, 0.05) is 17.3 Å². The molecule has 0 unspecified atom stereocenters. The highest BCUT2D eigenvalue weighted by Crippen LogP contribution is 2.30. The van der Waals surface area contributed by atoms with Gasteiger partial charge in [0.2, 0.25) is 0 Å². The molecule has 0 aromatic heterocycles. The highest BCUT2D eigenvalue weighted by atomic mass is 19.1. The molecule has 0 aliphatic carbocycles. The number of piperidine rings is 1. The van der Waals surface area contributed by atoms with Gasteiger partial charge in [-0.15, -0.1) is 0 Å². The lowest BCUT2D eigenvalue weighted by atomic mass is 9.89. The molecule has 0 atom stereocenters. The van der Waals surface area contributed by atoms with E-state index in [2.05, 4.69) is 12.2 Å². The molecule has 3 nitrogen and oxygen atoms in total. The average Bonchev–Trinajstić information content (AvgIpc) is 2.53. The van der Waals surface area contributed by atoms with Crippen molar-refractivity contribution in [2.45, 2.75) is 32.6 Å². The molecule has 21 heavy (non-hydrogen) atoms. The minimum Gasteiger partial charge on any atom is -0.402 e. The number of allylic oxidation sites excluding steroid dienone is 2. The fourth-order valence-electron chi connectivity index (χ4n) is 3.19. The quantitative estimate of drug-likeness (QED) is 0.878. The van der Waals surface area contributed by atoms with Crippen molar-refractivity contribution in [1.82, 2.24) is 5.32 Å². The number of nitrogens with zero attached hydrogens (tertiary/aromatic N) is 1. The Morgan fingerprint density at radius 2 is 2.05 bits per heavy atom. The lowest BCUT2D eigenvalue weighted by Crippen LogP contribution is -2.31. The van der Waals surface area contributed by atoms with Gasteiger partial charge in [-0.3, -0.25) is 4.99 Å². The number of hydrogen-bond acceptors (Lipinski definition) is 3. The van der Waals surface area contributed by atoms with Gasteiger partial charge >= 0.3 is 0 Å². The first kappa shape index (κ1) is 14.3. The van der Waals surface area contributed by atoms with Gasteiger partial charge in [0.1, 0.15) is 5.82 Å². The van der Waals surface area contributed by atoms with Gasteiger partial charge in [-0.05, 0) is 75.0 Å². The second kappa shape index (κ2) is 5.98. The van der Waals surface area contributed by atoms with E-state index in [4.69, 9.17) is 10.7 Å². The van der Waals surface area contributed by atoms with Crippen LogP contribution in [-0.4, -0.2) is 18.8 Å². The van der Waals surface area contributed by atoms with Crippen LogP contribution in [0.3, 0.4) is 0 Å². The smallest absolute Gasteiger partial charge is 0.123 e. The van der Waals surface area contributed by atoms with E-state index in [-0.39, 0.29) is 5.82 Å². The molecule has 0 saturated carbocycles. The van der Waals surface area contributed by atoms with Crippen molar-refractivity contribution < 1.29 is 4.39 Å². The first-order chi connectivity index (χ1) is 10.1. The van der Waals surface area contributed by atoms with Gasteiger partial charge in [0.15, 0.2) is 0 Å². The van der Waals surface area contributed by atoms with Crippen molar-refractivity contribution in [3.8, 4) is 0 Å². The molecule has 2 aliphatic heterocycles. The van der Waals surface area contributed by atoms with E-state index >= 15 is 0 Å². The molecule has 0 amide bonds. The number of halogens is 1. The summed E-state index contributed by atoms with van der Waals surface area (Å²) in [5.41, 5.74) is 11.4. The zero-order chi connectivity index (χ0) is 14.8. The molecule has 4 heteroatoms. The van der Waals surface area contributed by atoms with Gasteiger partial charge in [-0.2, -0.15) is 0 Å². The largest absolute Gasteiger partial charge is 0.402 e. The molecule has 1 fully saturated rings. The third kappa shape index (κ3) is 3.00. The van der Waals surface area contributed by atoms with E-state index in [9.17, 15) is 4.39 Å². The summed E-state index contributed by atoms with van der Waals surface area (Å²) in [6, 6.07) is 4.82. The minimum absolute atomic E-state index is 0.186. The maximum atomic E-state index is 13.2. The number of nitrogens with two attached hydrogens (primary N) is 1. The van der Waals surface area contributed by atoms with Crippen molar-refractivity contribution in [2.24, 2.45) is 16.6 Å². The molecule has 112 valence electrons. The number of nitrogens with one attached hydrogen (secondary N) is 1. The predicted molar refractivity (Wildman–Crippen MR) is 84.3 cm³/mol. The van der Waals surface area contributed by atoms with Crippen LogP contribution >= 0.6 is 0 Å². The van der Waals surface area contributed by atoms with Crippen LogP contribution in [0.5, 0.6) is 0 Å². The number of benzene rings is 1. The summed E-state index contributed by atoms with van der Waals surface area (Å²) >= 11 is 0. The van der Waals surface area contributed by atoms with Crippen LogP contribution < -0.4 is 11.1 Å². The summed E-state index contributed by atoms with van der Waals surface area (Å²) in [4.78, 5) is 4.70. The van der Waals surface area contributed by atoms with E-state index in [1.165, 1.54) is 6.07 Å². The third-order valence-electron chi connectivity index (χ3n) is 4.57. The Balaban J connectivity index is 1.87. The third-order valence-corrected chi connectivity index (χ3v) is 4.57. The molecule has 0 spiro atoms. The summed E-state index contributed by atoms with van der Waals surface area (Å²) in [5, 5.41) is 3.36. The lowest BCUT2D eigenvalue weighted by molar-refractivity contribution is 0.416. The molecule has 3 rings (SSSR count). The number of fused-ring (bicyclic) bond motifs is 1. The Kier molecular flexibility index (Phi) is 4.06. The van der Waals surface area contributed by atoms with Crippen LogP contribution in [0.2, 0.25) is 0 Å². The molecule has 0 bridgehead atoms. The number of rotatable bonds is 2. The van der Waals surface area contributed by atoms with E-state index in [1.54, 1.807) is 12.1 Å². The van der Waals surface area contributed by atoms with Crippen molar-refractivity contribution in [3.05, 3.63) is 40.8 Å². The molecule has 2 heterocycles. The molecule has 3 N–H and O–H groups in total. The summed E-state index contributed by atoms with van der Waals surface area (Å²) in [5.74, 6) is 0.275. The molecule has 1 aromatic carbocycles. The number of aliphatic imine (C=N–C) groups is 1. The Labute approximate surface area is 125 Å². The van der Waals surface area contributed by atoms with Gasteiger partial charge < -0.3 is 11.1 Å². The van der Waals surface area contributed by atoms with Gasteiger partial charge in [-0.25, -0.2) is 4.39 Å². The molecular weight excluding hydrogens is 265 g/mol. The maximum Gasteiger partial charge on any atom is 0.123 e. The summed E-state index contributed by atoms with van der Waals surface area (Å²) in [6.07, 6.45) is 3.87. The lowest BCUT2D eigenvalue weighted by Gasteiger charge is -2.25. The molecule has 2 aliphatic rings. The zero-order valence-corrected chi connectivity index (χ0v) is 12.5. The Hall–Kier alpha value is -1.68. The fraction of sp³-hybridized carbons (Fsp3) is 0.471. The van der Waals surface area contributed by atoms with Crippen molar-refractivity contribution in [3.63, 3.8) is 0 Å². The van der Waals surface area contributed by atoms with E-state index in [0.29, 0.717) is 5.92 Å². The molecule has 1 saturated heterocycles. The zero-order valence-electron chi connectivity index (χ0n) is 12.5. The minimum atomic E-state index is -0.186. The van der Waals surface area contributed by atoms with Crippen molar-refractivity contribution >= 4 is 11.4 Å². The average molecular weight is 287 g/mol. The predicted octanol–water partition coefficient (Wildman–Crippen LogP) is 3.08. The Morgan fingerprint density at radius 3 is 2.81 bits per heavy atom. The van der Waals surface area contributed by atoms with Crippen LogP contribution in [0.25, 0.3) is 0 Å². The maximum absolute atomic E-state index is 13.2. The second-order valence-electron chi connectivity index (χ2n) is 5.94. The highest BCUT2D eigenvalue weighted by Gasteiger charge is 2.21. The van der Waals surface area contributed by atoms with Crippen LogP contribution in [-0.2, 0) is 6.42 Å². The molecule has 1 aromatic rings. The van der Waals surface area contributed by atoms with E-state index in [0.717, 1.165) is 67.0 Å². The topological polar surface area (TPSA) is 50.4 Å². The number of hydrogen-bond donors (Lipinski definition) is 2. The van der Waals surface area contributed by atoms with Gasteiger partial charge in [0.25, 0.3) is 0 Å². The Bertz CT molecular complexity index is 598. The van der Waals surface area contributed by atoms with E-state index < -0.39 is 0 Å². The first-order valence-corrected chi connectivity index (χ1v) is 7.68. The summed E-state index contributed by atoms with van der Waals surface area (Å²) < 4.78 is 13.2. The SMILES string of the molecule is C/C(C1=Nc2ccc(F)cc2CC1)=C(/N)C1CCNCC1.